The standard InChI is InChI=1S/C21H23ClN2O3/c1-13-3-4-14(2)20-19(13)9-15(21(26)24-20)10-23-11-17(25)12-27-18-7-5-16(22)6-8-18/h3-9,17,23,25H,10-12H2,1-2H3,(H,24,26)/t17-/m0/s1. The lowest BCUT2D eigenvalue weighted by Gasteiger charge is -2.14. The Kier molecular flexibility index (Phi) is 6.16. The van der Waals surface area contributed by atoms with Gasteiger partial charge >= 0.3 is 0 Å². The monoisotopic (exact) mass is 386 g/mol. The minimum Gasteiger partial charge on any atom is -0.491 e. The third kappa shape index (κ3) is 4.89. The van der Waals surface area contributed by atoms with Crippen LogP contribution in [0.5, 0.6) is 5.75 Å². The molecule has 0 amide bonds. The predicted octanol–water partition coefficient (Wildman–Crippen LogP) is 3.33. The first-order valence-electron chi connectivity index (χ1n) is 8.83. The fraction of sp³-hybridized carbons (Fsp3) is 0.286. The van der Waals surface area contributed by atoms with Crippen molar-refractivity contribution in [3.05, 3.63) is 74.5 Å². The zero-order valence-corrected chi connectivity index (χ0v) is 16.1. The second-order valence-corrected chi connectivity index (χ2v) is 7.10. The van der Waals surface area contributed by atoms with Crippen LogP contribution in [0.2, 0.25) is 5.02 Å². The lowest BCUT2D eigenvalue weighted by atomic mass is 10.0. The number of ether oxygens (including phenoxy) is 1. The van der Waals surface area contributed by atoms with Gasteiger partial charge < -0.3 is 20.1 Å². The smallest absolute Gasteiger partial charge is 0.252 e. The van der Waals surface area contributed by atoms with Crippen LogP contribution in [0.3, 0.4) is 0 Å². The third-order valence-electron chi connectivity index (χ3n) is 4.47. The lowest BCUT2D eigenvalue weighted by Crippen LogP contribution is -2.32. The van der Waals surface area contributed by atoms with Gasteiger partial charge in [0.15, 0.2) is 0 Å². The Morgan fingerprint density at radius 1 is 1.15 bits per heavy atom. The predicted molar refractivity (Wildman–Crippen MR) is 109 cm³/mol. The Labute approximate surface area is 163 Å². The van der Waals surface area contributed by atoms with E-state index in [0.717, 1.165) is 22.0 Å². The molecule has 0 saturated carbocycles. The Morgan fingerprint density at radius 2 is 1.85 bits per heavy atom. The van der Waals surface area contributed by atoms with Gasteiger partial charge in [0, 0.05) is 29.1 Å². The SMILES string of the molecule is Cc1ccc(C)c2[nH]c(=O)c(CNC[C@H](O)COc3ccc(Cl)cc3)cc12. The molecule has 0 fully saturated rings. The molecular weight excluding hydrogens is 364 g/mol. The van der Waals surface area contributed by atoms with Crippen LogP contribution >= 0.6 is 11.6 Å². The van der Waals surface area contributed by atoms with Crippen molar-refractivity contribution in [3.63, 3.8) is 0 Å². The summed E-state index contributed by atoms with van der Waals surface area (Å²) in [7, 11) is 0. The summed E-state index contributed by atoms with van der Waals surface area (Å²) in [6.45, 7) is 4.84. The molecule has 0 aliphatic heterocycles. The average Bonchev–Trinajstić information content (AvgIpc) is 2.65. The molecule has 1 heterocycles. The van der Waals surface area contributed by atoms with Crippen LogP contribution in [0.15, 0.2) is 47.3 Å². The number of aryl methyl sites for hydroxylation is 2. The van der Waals surface area contributed by atoms with Crippen molar-refractivity contribution in [3.8, 4) is 5.75 Å². The molecule has 0 unspecified atom stereocenters. The van der Waals surface area contributed by atoms with E-state index in [4.69, 9.17) is 16.3 Å². The van der Waals surface area contributed by atoms with Crippen molar-refractivity contribution in [1.29, 1.82) is 0 Å². The number of fused-ring (bicyclic) bond motifs is 1. The molecule has 1 aromatic heterocycles. The van der Waals surface area contributed by atoms with Gasteiger partial charge in [0.25, 0.3) is 5.56 Å². The molecular formula is C21H23ClN2O3. The summed E-state index contributed by atoms with van der Waals surface area (Å²) >= 11 is 5.83. The van der Waals surface area contributed by atoms with Gasteiger partial charge in [-0.15, -0.1) is 0 Å². The molecule has 1 atom stereocenters. The van der Waals surface area contributed by atoms with Crippen molar-refractivity contribution in [2.45, 2.75) is 26.5 Å². The number of pyridine rings is 1. The van der Waals surface area contributed by atoms with Crippen LogP contribution in [0.4, 0.5) is 0 Å². The van der Waals surface area contributed by atoms with Gasteiger partial charge in [-0.2, -0.15) is 0 Å². The molecule has 2 aromatic carbocycles. The molecule has 142 valence electrons. The largest absolute Gasteiger partial charge is 0.491 e. The summed E-state index contributed by atoms with van der Waals surface area (Å²) in [6, 6.07) is 12.9. The highest BCUT2D eigenvalue weighted by molar-refractivity contribution is 6.30. The van der Waals surface area contributed by atoms with Crippen molar-refractivity contribution >= 4 is 22.5 Å². The van der Waals surface area contributed by atoms with E-state index in [1.54, 1.807) is 24.3 Å². The summed E-state index contributed by atoms with van der Waals surface area (Å²) in [5.41, 5.74) is 3.56. The number of H-pyrrole nitrogens is 1. The van der Waals surface area contributed by atoms with Crippen LogP contribution < -0.4 is 15.6 Å². The molecule has 3 rings (SSSR count). The Bertz CT molecular complexity index is 983. The molecule has 0 aliphatic carbocycles. The van der Waals surface area contributed by atoms with Gasteiger partial charge in [-0.1, -0.05) is 23.7 Å². The van der Waals surface area contributed by atoms with Crippen molar-refractivity contribution in [2.24, 2.45) is 0 Å². The molecule has 3 N–H and O–H groups in total. The number of rotatable bonds is 7. The van der Waals surface area contributed by atoms with Gasteiger partial charge in [-0.25, -0.2) is 0 Å². The maximum Gasteiger partial charge on any atom is 0.252 e. The second kappa shape index (κ2) is 8.57. The summed E-state index contributed by atoms with van der Waals surface area (Å²) in [5, 5.41) is 14.9. The third-order valence-corrected chi connectivity index (χ3v) is 4.72. The first kappa shape index (κ1) is 19.4. The highest BCUT2D eigenvalue weighted by Gasteiger charge is 2.09. The summed E-state index contributed by atoms with van der Waals surface area (Å²) in [4.78, 5) is 15.3. The van der Waals surface area contributed by atoms with Crippen LogP contribution in [0.25, 0.3) is 10.9 Å². The van der Waals surface area contributed by atoms with Crippen LogP contribution in [-0.2, 0) is 6.54 Å². The van der Waals surface area contributed by atoms with E-state index in [-0.39, 0.29) is 12.2 Å². The number of aliphatic hydroxyl groups excluding tert-OH is 1. The second-order valence-electron chi connectivity index (χ2n) is 6.66. The number of benzene rings is 2. The van der Waals surface area contributed by atoms with Crippen molar-refractivity contribution < 1.29 is 9.84 Å². The Hall–Kier alpha value is -2.34. The van der Waals surface area contributed by atoms with E-state index in [1.807, 2.05) is 32.0 Å². The van der Waals surface area contributed by atoms with Crippen LogP contribution in [0.1, 0.15) is 16.7 Å². The van der Waals surface area contributed by atoms with Crippen LogP contribution in [-0.4, -0.2) is 29.3 Å². The molecule has 6 heteroatoms. The molecule has 0 bridgehead atoms. The maximum absolute atomic E-state index is 12.3. The molecule has 0 radical (unpaired) electrons. The number of nitrogens with one attached hydrogen (secondary N) is 2. The van der Waals surface area contributed by atoms with Crippen molar-refractivity contribution in [1.82, 2.24) is 10.3 Å². The van der Waals surface area contributed by atoms with E-state index < -0.39 is 6.10 Å². The summed E-state index contributed by atoms with van der Waals surface area (Å²) in [5.74, 6) is 0.648. The van der Waals surface area contributed by atoms with E-state index in [2.05, 4.69) is 10.3 Å². The number of aliphatic hydroxyl groups is 1. The van der Waals surface area contributed by atoms with Gasteiger partial charge in [0.05, 0.1) is 5.52 Å². The number of hydrogen-bond acceptors (Lipinski definition) is 4. The van der Waals surface area contributed by atoms with Crippen LogP contribution in [0, 0.1) is 13.8 Å². The molecule has 0 spiro atoms. The highest BCUT2D eigenvalue weighted by Crippen LogP contribution is 2.19. The highest BCUT2D eigenvalue weighted by atomic mass is 35.5. The van der Waals surface area contributed by atoms with Gasteiger partial charge in [-0.3, -0.25) is 4.79 Å². The van der Waals surface area contributed by atoms with Gasteiger partial charge in [-0.05, 0) is 55.3 Å². The quantitative estimate of drug-likeness (QED) is 0.582. The number of aromatic amines is 1. The summed E-state index contributed by atoms with van der Waals surface area (Å²) < 4.78 is 5.52. The molecule has 5 nitrogen and oxygen atoms in total. The molecule has 3 aromatic rings. The minimum absolute atomic E-state index is 0.115. The molecule has 0 saturated heterocycles. The zero-order valence-electron chi connectivity index (χ0n) is 15.4. The number of hydrogen-bond donors (Lipinski definition) is 3. The number of aromatic nitrogens is 1. The fourth-order valence-corrected chi connectivity index (χ4v) is 3.03. The number of halogens is 1. The fourth-order valence-electron chi connectivity index (χ4n) is 2.91. The van der Waals surface area contributed by atoms with Gasteiger partial charge in [0.1, 0.15) is 18.5 Å². The van der Waals surface area contributed by atoms with E-state index in [9.17, 15) is 9.90 Å². The topological polar surface area (TPSA) is 74.4 Å². The van der Waals surface area contributed by atoms with E-state index in [0.29, 0.717) is 29.4 Å². The first-order chi connectivity index (χ1) is 12.9. The summed E-state index contributed by atoms with van der Waals surface area (Å²) in [6.07, 6.45) is -0.691. The van der Waals surface area contributed by atoms with E-state index in [1.165, 1.54) is 0 Å². The normalized spacial score (nSPS) is 12.3. The lowest BCUT2D eigenvalue weighted by molar-refractivity contribution is 0.106. The Balaban J connectivity index is 1.57. The molecule has 0 aliphatic rings. The minimum atomic E-state index is -0.691. The Morgan fingerprint density at radius 3 is 2.59 bits per heavy atom. The first-order valence-corrected chi connectivity index (χ1v) is 9.21. The molecule has 27 heavy (non-hydrogen) atoms. The average molecular weight is 387 g/mol. The van der Waals surface area contributed by atoms with Crippen molar-refractivity contribution in [2.75, 3.05) is 13.2 Å². The van der Waals surface area contributed by atoms with E-state index >= 15 is 0 Å². The van der Waals surface area contributed by atoms with Gasteiger partial charge in [0.2, 0.25) is 0 Å². The zero-order chi connectivity index (χ0) is 19.4. The maximum atomic E-state index is 12.3.